The van der Waals surface area contributed by atoms with Gasteiger partial charge in [0.15, 0.2) is 5.58 Å². The van der Waals surface area contributed by atoms with Gasteiger partial charge in [0.1, 0.15) is 18.2 Å². The Morgan fingerprint density at radius 2 is 2.00 bits per heavy atom. The molecule has 1 aliphatic heterocycles. The van der Waals surface area contributed by atoms with Gasteiger partial charge in [-0.2, -0.15) is 0 Å². The number of nitrogens with zero attached hydrogens (tertiary/aromatic N) is 3. The Morgan fingerprint density at radius 3 is 2.80 bits per heavy atom. The molecule has 0 bridgehead atoms. The van der Waals surface area contributed by atoms with Crippen molar-refractivity contribution in [2.24, 2.45) is 0 Å². The van der Waals surface area contributed by atoms with Crippen molar-refractivity contribution in [3.8, 4) is 5.19 Å². The second-order valence-corrected chi connectivity index (χ2v) is 8.59. The molecule has 0 N–H and O–H groups in total. The van der Waals surface area contributed by atoms with Crippen LogP contribution >= 0.6 is 22.9 Å². The molecule has 2 aromatic heterocycles. The Balaban J connectivity index is 1.22. The molecule has 30 heavy (non-hydrogen) atoms. The molecule has 0 radical (unpaired) electrons. The van der Waals surface area contributed by atoms with Gasteiger partial charge in [0.05, 0.1) is 15.2 Å². The molecular formula is C21H18ClN3O4S. The number of oxazole rings is 1. The largest absolute Gasteiger partial charge is 0.467 e. The number of likely N-dealkylation sites (tertiary alicyclic amines) is 1. The van der Waals surface area contributed by atoms with Crippen LogP contribution < -0.4 is 10.5 Å². The molecule has 1 saturated heterocycles. The number of carbonyl (C=O) groups excluding carboxylic acids is 1. The number of hydrogen-bond donors (Lipinski definition) is 0. The third-order valence-corrected chi connectivity index (χ3v) is 6.50. The minimum absolute atomic E-state index is 0.00846. The summed E-state index contributed by atoms with van der Waals surface area (Å²) in [5, 5.41) is 1.21. The minimum Gasteiger partial charge on any atom is -0.467 e. The number of para-hydroxylation sites is 3. The van der Waals surface area contributed by atoms with Gasteiger partial charge in [-0.05, 0) is 24.3 Å². The zero-order valence-corrected chi connectivity index (χ0v) is 17.5. The Hall–Kier alpha value is -2.84. The summed E-state index contributed by atoms with van der Waals surface area (Å²) in [6.07, 6.45) is 1.40. The molecular weight excluding hydrogens is 426 g/mol. The van der Waals surface area contributed by atoms with Crippen LogP contribution in [0.2, 0.25) is 5.02 Å². The van der Waals surface area contributed by atoms with Crippen molar-refractivity contribution in [2.45, 2.75) is 25.5 Å². The van der Waals surface area contributed by atoms with E-state index in [0.29, 0.717) is 47.2 Å². The number of benzene rings is 2. The second-order valence-electron chi connectivity index (χ2n) is 7.19. The van der Waals surface area contributed by atoms with E-state index in [2.05, 4.69) is 4.98 Å². The zero-order chi connectivity index (χ0) is 20.7. The number of hydrogen-bond acceptors (Lipinski definition) is 6. The lowest BCUT2D eigenvalue weighted by Gasteiger charge is -2.31. The molecule has 0 spiro atoms. The van der Waals surface area contributed by atoms with Crippen LogP contribution in [0.3, 0.4) is 0 Å². The van der Waals surface area contributed by atoms with Crippen LogP contribution in [0.25, 0.3) is 21.3 Å². The predicted molar refractivity (Wildman–Crippen MR) is 115 cm³/mol. The average Bonchev–Trinajstić information content (AvgIpc) is 3.30. The van der Waals surface area contributed by atoms with Gasteiger partial charge in [-0.25, -0.2) is 9.78 Å². The molecule has 0 aliphatic carbocycles. The molecule has 1 aliphatic rings. The van der Waals surface area contributed by atoms with E-state index in [0.717, 1.165) is 10.2 Å². The summed E-state index contributed by atoms with van der Waals surface area (Å²) in [5.41, 5.74) is 1.87. The molecule has 5 rings (SSSR count). The van der Waals surface area contributed by atoms with Crippen molar-refractivity contribution in [3.05, 3.63) is 58.0 Å². The summed E-state index contributed by atoms with van der Waals surface area (Å²) < 4.78 is 13.6. The fraction of sp³-hybridized carbons (Fsp3) is 0.286. The molecule has 0 unspecified atom stereocenters. The summed E-state index contributed by atoms with van der Waals surface area (Å²) in [6, 6.07) is 12.8. The van der Waals surface area contributed by atoms with Crippen LogP contribution in [0.15, 0.2) is 51.7 Å². The second kappa shape index (κ2) is 7.77. The summed E-state index contributed by atoms with van der Waals surface area (Å²) in [6.45, 7) is 1.11. The van der Waals surface area contributed by atoms with Gasteiger partial charge in [-0.3, -0.25) is 9.36 Å². The van der Waals surface area contributed by atoms with Crippen molar-refractivity contribution in [1.82, 2.24) is 14.5 Å². The maximum atomic E-state index is 12.7. The fourth-order valence-electron chi connectivity index (χ4n) is 3.71. The van der Waals surface area contributed by atoms with Crippen LogP contribution in [0.1, 0.15) is 12.8 Å². The number of thiazole rings is 1. The molecule has 4 aromatic rings. The first-order chi connectivity index (χ1) is 14.6. The van der Waals surface area contributed by atoms with E-state index in [-0.39, 0.29) is 18.6 Å². The molecule has 154 valence electrons. The standard InChI is InChI=1S/C21H18ClN3O4S/c22-14-4-3-7-17-19(14)23-20(30-17)28-13-8-10-24(11-9-13)18(26)12-25-15-5-1-2-6-16(15)29-21(25)27/h1-7,13H,8-12H2. The third kappa shape index (κ3) is 3.57. The molecule has 0 saturated carbocycles. The van der Waals surface area contributed by atoms with Crippen LogP contribution in [0, 0.1) is 0 Å². The Morgan fingerprint density at radius 1 is 1.20 bits per heavy atom. The molecule has 0 atom stereocenters. The van der Waals surface area contributed by atoms with Crippen molar-refractivity contribution in [1.29, 1.82) is 0 Å². The minimum atomic E-state index is -0.516. The van der Waals surface area contributed by atoms with Crippen molar-refractivity contribution in [2.75, 3.05) is 13.1 Å². The molecule has 1 fully saturated rings. The maximum absolute atomic E-state index is 12.7. The van der Waals surface area contributed by atoms with Crippen molar-refractivity contribution in [3.63, 3.8) is 0 Å². The van der Waals surface area contributed by atoms with E-state index >= 15 is 0 Å². The first-order valence-electron chi connectivity index (χ1n) is 9.66. The van der Waals surface area contributed by atoms with Gasteiger partial charge in [-0.15, -0.1) is 0 Å². The third-order valence-electron chi connectivity index (χ3n) is 5.28. The first-order valence-corrected chi connectivity index (χ1v) is 10.9. The van der Waals surface area contributed by atoms with Gasteiger partial charge in [0.2, 0.25) is 5.91 Å². The number of fused-ring (bicyclic) bond motifs is 2. The Bertz CT molecular complexity index is 1290. The van der Waals surface area contributed by atoms with Crippen LogP contribution in [0.4, 0.5) is 0 Å². The van der Waals surface area contributed by atoms with Crippen LogP contribution in [0.5, 0.6) is 5.19 Å². The lowest BCUT2D eigenvalue weighted by atomic mass is 10.1. The number of amides is 1. The van der Waals surface area contributed by atoms with Crippen molar-refractivity contribution < 1.29 is 13.9 Å². The number of ether oxygens (including phenoxy) is 1. The van der Waals surface area contributed by atoms with Gasteiger partial charge in [0.25, 0.3) is 5.19 Å². The van der Waals surface area contributed by atoms with Gasteiger partial charge in [-0.1, -0.05) is 41.1 Å². The summed E-state index contributed by atoms with van der Waals surface area (Å²) in [4.78, 5) is 31.1. The molecule has 1 amide bonds. The predicted octanol–water partition coefficient (Wildman–Crippen LogP) is 3.93. The Labute approximate surface area is 180 Å². The summed E-state index contributed by atoms with van der Waals surface area (Å²) in [7, 11) is 0. The number of carbonyl (C=O) groups is 1. The molecule has 7 nitrogen and oxygen atoms in total. The lowest BCUT2D eigenvalue weighted by molar-refractivity contribution is -0.133. The number of halogens is 1. The fourth-order valence-corrected chi connectivity index (χ4v) is 4.89. The van der Waals surface area contributed by atoms with E-state index in [9.17, 15) is 9.59 Å². The maximum Gasteiger partial charge on any atom is 0.420 e. The zero-order valence-electron chi connectivity index (χ0n) is 15.9. The van der Waals surface area contributed by atoms with Gasteiger partial charge in [0, 0.05) is 25.9 Å². The van der Waals surface area contributed by atoms with E-state index in [1.807, 2.05) is 24.3 Å². The highest BCUT2D eigenvalue weighted by Gasteiger charge is 2.26. The van der Waals surface area contributed by atoms with E-state index in [1.54, 1.807) is 23.1 Å². The van der Waals surface area contributed by atoms with Crippen molar-refractivity contribution >= 4 is 50.2 Å². The highest BCUT2D eigenvalue weighted by Crippen LogP contribution is 2.33. The van der Waals surface area contributed by atoms with E-state index in [4.69, 9.17) is 20.8 Å². The molecule has 2 aromatic carbocycles. The SMILES string of the molecule is O=C(Cn1c(=O)oc2ccccc21)N1CCC(Oc2nc3c(Cl)cccc3s2)CC1. The lowest BCUT2D eigenvalue weighted by Crippen LogP contribution is -2.43. The van der Waals surface area contributed by atoms with Gasteiger partial charge >= 0.3 is 5.76 Å². The highest BCUT2D eigenvalue weighted by molar-refractivity contribution is 7.20. The van der Waals surface area contributed by atoms with Crippen LogP contribution in [-0.2, 0) is 11.3 Å². The molecule has 3 heterocycles. The Kier molecular flexibility index (Phi) is 4.96. The first kappa shape index (κ1) is 19.1. The summed E-state index contributed by atoms with van der Waals surface area (Å²) in [5.74, 6) is -0.619. The number of aromatic nitrogens is 2. The monoisotopic (exact) mass is 443 g/mol. The molecule has 9 heteroatoms. The normalized spacial score (nSPS) is 15.2. The summed E-state index contributed by atoms with van der Waals surface area (Å²) >= 11 is 7.66. The highest BCUT2D eigenvalue weighted by atomic mass is 35.5. The van der Waals surface area contributed by atoms with E-state index in [1.165, 1.54) is 15.9 Å². The van der Waals surface area contributed by atoms with E-state index < -0.39 is 5.76 Å². The van der Waals surface area contributed by atoms with Crippen LogP contribution in [-0.4, -0.2) is 39.6 Å². The average molecular weight is 444 g/mol. The quantitative estimate of drug-likeness (QED) is 0.477. The topological polar surface area (TPSA) is 77.6 Å². The smallest absolute Gasteiger partial charge is 0.420 e. The van der Waals surface area contributed by atoms with Gasteiger partial charge < -0.3 is 14.1 Å². The number of piperidine rings is 1. The number of rotatable bonds is 4.